The van der Waals surface area contributed by atoms with Crippen molar-refractivity contribution in [2.45, 2.75) is 50.2 Å². The molecule has 1 amide bonds. The number of nitrogens with one attached hydrogen (secondary N) is 1. The van der Waals surface area contributed by atoms with E-state index in [0.717, 1.165) is 30.4 Å². The van der Waals surface area contributed by atoms with E-state index in [2.05, 4.69) is 5.32 Å². The predicted octanol–water partition coefficient (Wildman–Crippen LogP) is 2.58. The van der Waals surface area contributed by atoms with Crippen LogP contribution >= 0.6 is 11.8 Å². The topological polar surface area (TPSA) is 29.1 Å². The molecule has 2 fully saturated rings. The fourth-order valence-corrected chi connectivity index (χ4v) is 3.49. The molecule has 15 heavy (non-hydrogen) atoms. The van der Waals surface area contributed by atoms with Crippen LogP contribution in [0.3, 0.4) is 0 Å². The highest BCUT2D eigenvalue weighted by molar-refractivity contribution is 7.99. The third-order valence-corrected chi connectivity index (χ3v) is 4.92. The molecule has 2 nitrogen and oxygen atoms in total. The summed E-state index contributed by atoms with van der Waals surface area (Å²) in [6, 6.07) is 0. The van der Waals surface area contributed by atoms with Crippen LogP contribution in [0, 0.1) is 5.92 Å². The van der Waals surface area contributed by atoms with Gasteiger partial charge >= 0.3 is 0 Å². The highest BCUT2D eigenvalue weighted by Gasteiger charge is 2.24. The number of hydrogen-bond acceptors (Lipinski definition) is 2. The Morgan fingerprint density at radius 2 is 1.87 bits per heavy atom. The van der Waals surface area contributed by atoms with E-state index >= 15 is 0 Å². The number of rotatable bonds is 5. The highest BCUT2D eigenvalue weighted by Crippen LogP contribution is 2.29. The van der Waals surface area contributed by atoms with Gasteiger partial charge < -0.3 is 5.32 Å². The molecule has 0 heterocycles. The quantitative estimate of drug-likeness (QED) is 0.731. The standard InChI is InChI=1S/C12H21NOS/c14-12(10-4-3-5-10)13-8-9-15-11-6-1-2-7-11/h10-11H,1-9H2,(H,13,14). The Balaban J connectivity index is 1.48. The summed E-state index contributed by atoms with van der Waals surface area (Å²) in [7, 11) is 0. The van der Waals surface area contributed by atoms with Gasteiger partial charge in [-0.2, -0.15) is 11.8 Å². The SMILES string of the molecule is O=C(NCCSC1CCCC1)C1CCC1. The molecule has 0 spiro atoms. The smallest absolute Gasteiger partial charge is 0.223 e. The van der Waals surface area contributed by atoms with Crippen molar-refractivity contribution in [1.29, 1.82) is 0 Å². The van der Waals surface area contributed by atoms with Crippen LogP contribution in [0.15, 0.2) is 0 Å². The molecular weight excluding hydrogens is 206 g/mol. The number of hydrogen-bond donors (Lipinski definition) is 1. The van der Waals surface area contributed by atoms with Crippen molar-refractivity contribution < 1.29 is 4.79 Å². The molecule has 0 aromatic carbocycles. The van der Waals surface area contributed by atoms with Gasteiger partial charge in [-0.25, -0.2) is 0 Å². The average molecular weight is 227 g/mol. The molecule has 2 saturated carbocycles. The first-order chi connectivity index (χ1) is 7.36. The molecular formula is C12H21NOS. The van der Waals surface area contributed by atoms with E-state index < -0.39 is 0 Å². The van der Waals surface area contributed by atoms with Crippen LogP contribution in [0.2, 0.25) is 0 Å². The van der Waals surface area contributed by atoms with Gasteiger partial charge in [-0.05, 0) is 25.7 Å². The zero-order valence-corrected chi connectivity index (χ0v) is 10.2. The number of thioether (sulfide) groups is 1. The second-order valence-electron chi connectivity index (χ2n) is 4.70. The molecule has 0 aliphatic heterocycles. The predicted molar refractivity (Wildman–Crippen MR) is 65.1 cm³/mol. The lowest BCUT2D eigenvalue weighted by Crippen LogP contribution is -2.35. The zero-order valence-electron chi connectivity index (χ0n) is 9.34. The van der Waals surface area contributed by atoms with Gasteiger partial charge in [0.2, 0.25) is 5.91 Å². The monoisotopic (exact) mass is 227 g/mol. The lowest BCUT2D eigenvalue weighted by atomic mass is 9.85. The van der Waals surface area contributed by atoms with E-state index in [0.29, 0.717) is 11.8 Å². The number of carbonyl (C=O) groups is 1. The molecule has 2 aliphatic carbocycles. The van der Waals surface area contributed by atoms with Gasteiger partial charge in [0.25, 0.3) is 0 Å². The normalized spacial score (nSPS) is 22.7. The largest absolute Gasteiger partial charge is 0.355 e. The van der Waals surface area contributed by atoms with Crippen molar-refractivity contribution in [3.63, 3.8) is 0 Å². The van der Waals surface area contributed by atoms with Gasteiger partial charge in [0.1, 0.15) is 0 Å². The third kappa shape index (κ3) is 3.40. The van der Waals surface area contributed by atoms with E-state index in [-0.39, 0.29) is 0 Å². The van der Waals surface area contributed by atoms with Crippen molar-refractivity contribution in [1.82, 2.24) is 5.32 Å². The maximum absolute atomic E-state index is 11.5. The summed E-state index contributed by atoms with van der Waals surface area (Å²) in [6.07, 6.45) is 9.07. The van der Waals surface area contributed by atoms with Crippen LogP contribution in [-0.2, 0) is 4.79 Å². The molecule has 0 atom stereocenters. The molecule has 0 aromatic heterocycles. The number of amides is 1. The molecule has 86 valence electrons. The minimum absolute atomic E-state index is 0.299. The first-order valence-electron chi connectivity index (χ1n) is 6.25. The average Bonchev–Trinajstić information content (AvgIpc) is 2.62. The van der Waals surface area contributed by atoms with Crippen LogP contribution in [-0.4, -0.2) is 23.5 Å². The molecule has 1 N–H and O–H groups in total. The van der Waals surface area contributed by atoms with Crippen LogP contribution in [0.1, 0.15) is 44.9 Å². The van der Waals surface area contributed by atoms with E-state index in [1.54, 1.807) is 0 Å². The summed E-state index contributed by atoms with van der Waals surface area (Å²) in [4.78, 5) is 11.5. The molecule has 3 heteroatoms. The fourth-order valence-electron chi connectivity index (χ4n) is 2.27. The summed E-state index contributed by atoms with van der Waals surface area (Å²) >= 11 is 2.05. The molecule has 0 radical (unpaired) electrons. The first-order valence-corrected chi connectivity index (χ1v) is 7.30. The lowest BCUT2D eigenvalue weighted by molar-refractivity contribution is -0.127. The highest BCUT2D eigenvalue weighted by atomic mass is 32.2. The maximum Gasteiger partial charge on any atom is 0.223 e. The van der Waals surface area contributed by atoms with Gasteiger partial charge in [0, 0.05) is 23.5 Å². The Labute approximate surface area is 96.6 Å². The van der Waals surface area contributed by atoms with Crippen molar-refractivity contribution in [3.8, 4) is 0 Å². The Morgan fingerprint density at radius 3 is 2.47 bits per heavy atom. The Bertz CT molecular complexity index is 210. The Morgan fingerprint density at radius 1 is 1.13 bits per heavy atom. The van der Waals surface area contributed by atoms with Crippen molar-refractivity contribution >= 4 is 17.7 Å². The maximum atomic E-state index is 11.5. The van der Waals surface area contributed by atoms with Crippen LogP contribution < -0.4 is 5.32 Å². The number of carbonyl (C=O) groups excluding carboxylic acids is 1. The van der Waals surface area contributed by atoms with Crippen LogP contribution in [0.5, 0.6) is 0 Å². The Kier molecular flexibility index (Phi) is 4.36. The van der Waals surface area contributed by atoms with E-state index in [9.17, 15) is 4.79 Å². The van der Waals surface area contributed by atoms with E-state index in [4.69, 9.17) is 0 Å². The lowest BCUT2D eigenvalue weighted by Gasteiger charge is -2.24. The molecule has 0 unspecified atom stereocenters. The zero-order chi connectivity index (χ0) is 10.5. The molecule has 0 aromatic rings. The van der Waals surface area contributed by atoms with Crippen LogP contribution in [0.25, 0.3) is 0 Å². The van der Waals surface area contributed by atoms with Crippen molar-refractivity contribution in [2.75, 3.05) is 12.3 Å². The molecule has 2 rings (SSSR count). The van der Waals surface area contributed by atoms with Gasteiger partial charge in [-0.15, -0.1) is 0 Å². The molecule has 0 saturated heterocycles. The Hall–Kier alpha value is -0.180. The molecule has 2 aliphatic rings. The summed E-state index contributed by atoms with van der Waals surface area (Å²) in [5.74, 6) is 1.75. The van der Waals surface area contributed by atoms with Gasteiger partial charge in [-0.1, -0.05) is 19.3 Å². The summed E-state index contributed by atoms with van der Waals surface area (Å²) in [5, 5.41) is 3.93. The van der Waals surface area contributed by atoms with E-state index in [1.807, 2.05) is 11.8 Å². The summed E-state index contributed by atoms with van der Waals surface area (Å²) in [6.45, 7) is 0.872. The van der Waals surface area contributed by atoms with Gasteiger partial charge in [0.05, 0.1) is 0 Å². The van der Waals surface area contributed by atoms with E-state index in [1.165, 1.54) is 32.1 Å². The van der Waals surface area contributed by atoms with Gasteiger partial charge in [-0.3, -0.25) is 4.79 Å². The fraction of sp³-hybridized carbons (Fsp3) is 0.917. The summed E-state index contributed by atoms with van der Waals surface area (Å²) in [5.41, 5.74) is 0. The minimum Gasteiger partial charge on any atom is -0.355 e. The summed E-state index contributed by atoms with van der Waals surface area (Å²) < 4.78 is 0. The second-order valence-corrected chi connectivity index (χ2v) is 6.10. The van der Waals surface area contributed by atoms with Gasteiger partial charge in [0.15, 0.2) is 0 Å². The van der Waals surface area contributed by atoms with Crippen molar-refractivity contribution in [2.24, 2.45) is 5.92 Å². The minimum atomic E-state index is 0.299. The second kappa shape index (κ2) is 5.78. The third-order valence-electron chi connectivity index (χ3n) is 3.53. The van der Waals surface area contributed by atoms with Crippen LogP contribution in [0.4, 0.5) is 0 Å². The van der Waals surface area contributed by atoms with Crippen molar-refractivity contribution in [3.05, 3.63) is 0 Å². The first kappa shape index (κ1) is 11.3. The molecule has 0 bridgehead atoms.